The number of amides is 2. The molecule has 4 rings (SSSR count). The Balaban J connectivity index is 1.57. The Labute approximate surface area is 179 Å². The molecular formula is C26H30N2O2. The number of nitrogens with one attached hydrogen (secondary N) is 1. The molecule has 1 N–H and O–H groups in total. The van der Waals surface area contributed by atoms with Crippen LogP contribution in [0.15, 0.2) is 60.7 Å². The van der Waals surface area contributed by atoms with E-state index in [0.717, 1.165) is 28.8 Å². The second kappa shape index (κ2) is 9.29. The maximum atomic E-state index is 13.2. The summed E-state index contributed by atoms with van der Waals surface area (Å²) >= 11 is 0. The number of nitrogens with zero attached hydrogens (tertiary/aromatic N) is 1. The fraction of sp³-hybridized carbons (Fsp3) is 0.385. The first-order valence-electron chi connectivity index (χ1n) is 11.1. The lowest BCUT2D eigenvalue weighted by Crippen LogP contribution is -2.46. The van der Waals surface area contributed by atoms with Gasteiger partial charge in [-0.05, 0) is 35.6 Å². The van der Waals surface area contributed by atoms with Crippen molar-refractivity contribution in [3.05, 3.63) is 71.8 Å². The number of likely N-dealkylation sites (N-methyl/N-ethyl adjacent to an activating group) is 1. The number of hydrogen-bond acceptors (Lipinski definition) is 2. The van der Waals surface area contributed by atoms with Crippen molar-refractivity contribution in [2.24, 2.45) is 5.92 Å². The van der Waals surface area contributed by atoms with Crippen LogP contribution in [0.4, 0.5) is 5.69 Å². The van der Waals surface area contributed by atoms with Crippen LogP contribution in [0, 0.1) is 5.92 Å². The molecule has 0 bridgehead atoms. The average Bonchev–Trinajstić information content (AvgIpc) is 2.90. The molecule has 4 nitrogen and oxygen atoms in total. The number of carbonyl (C=O) groups excluding carboxylic acids is 2. The number of fused-ring (bicyclic) bond motifs is 1. The van der Waals surface area contributed by atoms with Crippen molar-refractivity contribution in [1.29, 1.82) is 0 Å². The van der Waals surface area contributed by atoms with Gasteiger partial charge in [0.1, 0.15) is 6.04 Å². The molecule has 2 aliphatic rings. The smallest absolute Gasteiger partial charge is 0.253 e. The fourth-order valence-corrected chi connectivity index (χ4v) is 4.68. The standard InChI is InChI=1S/C26H30N2O2/c1-28-24-15-9-8-14-21(24)22(20-12-6-3-7-13-20)18-23(26(28)30)27-25(29)17-16-19-10-4-2-5-11-19/h3,6-9,12-15,18-19,23H,2,4-5,10-11,16-17H2,1H3,(H,27,29). The lowest BCUT2D eigenvalue weighted by Gasteiger charge is -2.23. The summed E-state index contributed by atoms with van der Waals surface area (Å²) in [6, 6.07) is 17.3. The first-order valence-corrected chi connectivity index (χ1v) is 11.1. The van der Waals surface area contributed by atoms with Crippen molar-refractivity contribution in [3.63, 3.8) is 0 Å². The van der Waals surface area contributed by atoms with Crippen LogP contribution < -0.4 is 10.2 Å². The Morgan fingerprint density at radius 1 is 1.00 bits per heavy atom. The molecule has 1 saturated carbocycles. The van der Waals surface area contributed by atoms with Gasteiger partial charge in [0.2, 0.25) is 5.91 Å². The van der Waals surface area contributed by atoms with Crippen molar-refractivity contribution in [1.82, 2.24) is 5.32 Å². The van der Waals surface area contributed by atoms with E-state index in [4.69, 9.17) is 0 Å². The van der Waals surface area contributed by atoms with Crippen LogP contribution in [0.5, 0.6) is 0 Å². The van der Waals surface area contributed by atoms with Crippen LogP contribution in [0.2, 0.25) is 0 Å². The van der Waals surface area contributed by atoms with Gasteiger partial charge in [0.25, 0.3) is 5.91 Å². The molecule has 0 radical (unpaired) electrons. The van der Waals surface area contributed by atoms with Crippen molar-refractivity contribution in [2.45, 2.75) is 51.0 Å². The predicted octanol–water partition coefficient (Wildman–Crippen LogP) is 4.94. The highest BCUT2D eigenvalue weighted by Crippen LogP contribution is 2.34. The molecular weight excluding hydrogens is 372 g/mol. The first kappa shape index (κ1) is 20.4. The van der Waals surface area contributed by atoms with Crippen molar-refractivity contribution in [2.75, 3.05) is 11.9 Å². The second-order valence-corrected chi connectivity index (χ2v) is 8.45. The van der Waals surface area contributed by atoms with E-state index in [1.54, 1.807) is 11.9 Å². The molecule has 156 valence electrons. The number of benzene rings is 2. The highest BCUT2D eigenvalue weighted by atomic mass is 16.2. The van der Waals surface area contributed by atoms with Crippen LogP contribution in [0.1, 0.15) is 56.1 Å². The van der Waals surface area contributed by atoms with E-state index in [9.17, 15) is 9.59 Å². The molecule has 4 heteroatoms. The van der Waals surface area contributed by atoms with E-state index in [1.165, 1.54) is 32.1 Å². The third-order valence-corrected chi connectivity index (χ3v) is 6.39. The summed E-state index contributed by atoms with van der Waals surface area (Å²) in [4.78, 5) is 27.6. The molecule has 2 aromatic rings. The molecule has 2 amide bonds. The van der Waals surface area contributed by atoms with Gasteiger partial charge in [0.05, 0.1) is 5.69 Å². The lowest BCUT2D eigenvalue weighted by molar-refractivity contribution is -0.126. The van der Waals surface area contributed by atoms with E-state index in [-0.39, 0.29) is 11.8 Å². The van der Waals surface area contributed by atoms with Crippen LogP contribution in [0.25, 0.3) is 5.57 Å². The SMILES string of the molecule is CN1C(=O)C(NC(=O)CCC2CCCCC2)C=C(c2ccccc2)c2ccccc21. The monoisotopic (exact) mass is 402 g/mol. The maximum Gasteiger partial charge on any atom is 0.253 e. The van der Waals surface area contributed by atoms with Gasteiger partial charge in [0, 0.05) is 19.0 Å². The van der Waals surface area contributed by atoms with Crippen molar-refractivity contribution >= 4 is 23.1 Å². The summed E-state index contributed by atoms with van der Waals surface area (Å²) in [6.07, 6.45) is 9.64. The van der Waals surface area contributed by atoms with E-state index in [0.29, 0.717) is 12.3 Å². The third kappa shape index (κ3) is 4.48. The number of anilines is 1. The minimum Gasteiger partial charge on any atom is -0.341 e. The molecule has 30 heavy (non-hydrogen) atoms. The Morgan fingerprint density at radius 3 is 2.47 bits per heavy atom. The van der Waals surface area contributed by atoms with Crippen LogP contribution >= 0.6 is 0 Å². The summed E-state index contributed by atoms with van der Waals surface area (Å²) < 4.78 is 0. The zero-order chi connectivity index (χ0) is 20.9. The molecule has 1 fully saturated rings. The minimum atomic E-state index is -0.670. The van der Waals surface area contributed by atoms with Gasteiger partial charge in [-0.15, -0.1) is 0 Å². The second-order valence-electron chi connectivity index (χ2n) is 8.45. The van der Waals surface area contributed by atoms with Gasteiger partial charge in [-0.2, -0.15) is 0 Å². The molecule has 1 aliphatic heterocycles. The number of para-hydroxylation sites is 1. The number of hydrogen-bond donors (Lipinski definition) is 1. The molecule has 1 heterocycles. The van der Waals surface area contributed by atoms with Crippen molar-refractivity contribution < 1.29 is 9.59 Å². The predicted molar refractivity (Wildman–Crippen MR) is 121 cm³/mol. The molecule has 1 aliphatic carbocycles. The summed E-state index contributed by atoms with van der Waals surface area (Å²) in [6.45, 7) is 0. The van der Waals surface area contributed by atoms with E-state index in [1.807, 2.05) is 60.7 Å². The van der Waals surface area contributed by atoms with Crippen LogP contribution in [0.3, 0.4) is 0 Å². The highest BCUT2D eigenvalue weighted by Gasteiger charge is 2.29. The van der Waals surface area contributed by atoms with E-state index >= 15 is 0 Å². The molecule has 0 saturated heterocycles. The Bertz CT molecular complexity index is 929. The normalized spacial score (nSPS) is 19.6. The fourth-order valence-electron chi connectivity index (χ4n) is 4.68. The molecule has 1 atom stereocenters. The van der Waals surface area contributed by atoms with Crippen molar-refractivity contribution in [3.8, 4) is 0 Å². The van der Waals surface area contributed by atoms with E-state index in [2.05, 4.69) is 5.32 Å². The summed E-state index contributed by atoms with van der Waals surface area (Å²) in [5.74, 6) is 0.498. The molecule has 1 unspecified atom stereocenters. The third-order valence-electron chi connectivity index (χ3n) is 6.39. The van der Waals surface area contributed by atoms with Gasteiger partial charge >= 0.3 is 0 Å². The van der Waals surface area contributed by atoms with Gasteiger partial charge in [-0.25, -0.2) is 0 Å². The maximum absolute atomic E-state index is 13.2. The molecule has 0 aromatic heterocycles. The Hall–Kier alpha value is -2.88. The topological polar surface area (TPSA) is 49.4 Å². The quantitative estimate of drug-likeness (QED) is 0.770. The zero-order valence-corrected chi connectivity index (χ0v) is 17.6. The van der Waals surface area contributed by atoms with Gasteiger partial charge in [0.15, 0.2) is 0 Å². The van der Waals surface area contributed by atoms with E-state index < -0.39 is 6.04 Å². The first-order chi connectivity index (χ1) is 14.6. The molecule has 0 spiro atoms. The Kier molecular flexibility index (Phi) is 6.32. The average molecular weight is 403 g/mol. The number of carbonyl (C=O) groups is 2. The Morgan fingerprint density at radius 2 is 1.70 bits per heavy atom. The van der Waals surface area contributed by atoms with Crippen LogP contribution in [-0.2, 0) is 9.59 Å². The molecule has 2 aromatic carbocycles. The van der Waals surface area contributed by atoms with Crippen LogP contribution in [-0.4, -0.2) is 24.9 Å². The largest absolute Gasteiger partial charge is 0.341 e. The summed E-state index contributed by atoms with van der Waals surface area (Å²) in [5.41, 5.74) is 3.87. The zero-order valence-electron chi connectivity index (χ0n) is 17.6. The lowest BCUT2D eigenvalue weighted by atomic mass is 9.86. The van der Waals surface area contributed by atoms with Gasteiger partial charge < -0.3 is 10.2 Å². The minimum absolute atomic E-state index is 0.0399. The van der Waals surface area contributed by atoms with Gasteiger partial charge in [-0.1, -0.05) is 80.6 Å². The summed E-state index contributed by atoms with van der Waals surface area (Å²) in [5, 5.41) is 3.01. The number of rotatable bonds is 5. The van der Waals surface area contributed by atoms with Gasteiger partial charge in [-0.3, -0.25) is 9.59 Å². The highest BCUT2D eigenvalue weighted by molar-refractivity contribution is 6.06. The summed E-state index contributed by atoms with van der Waals surface area (Å²) in [7, 11) is 1.78.